The number of alkyl halides is 1. The van der Waals surface area contributed by atoms with Crippen molar-refractivity contribution in [3.8, 4) is 0 Å². The summed E-state index contributed by atoms with van der Waals surface area (Å²) >= 11 is 3.39. The summed E-state index contributed by atoms with van der Waals surface area (Å²) in [6, 6.07) is 0. The molecular formula is C12H23BrO. The van der Waals surface area contributed by atoms with Crippen LogP contribution in [0.1, 0.15) is 64.7 Å². The molecule has 0 unspecified atom stereocenters. The van der Waals surface area contributed by atoms with Crippen LogP contribution in [-0.4, -0.2) is 11.1 Å². The lowest BCUT2D eigenvalue weighted by molar-refractivity contribution is -0.119. The van der Waals surface area contributed by atoms with E-state index in [1.54, 1.807) is 0 Å². The topological polar surface area (TPSA) is 17.1 Å². The molecule has 84 valence electrons. The molecule has 0 aliphatic carbocycles. The highest BCUT2D eigenvalue weighted by atomic mass is 79.9. The molecule has 0 fully saturated rings. The van der Waals surface area contributed by atoms with E-state index in [9.17, 15) is 4.79 Å². The Morgan fingerprint density at radius 1 is 0.929 bits per heavy atom. The lowest BCUT2D eigenvalue weighted by Gasteiger charge is -2.00. The molecule has 0 aromatic heterocycles. The maximum atomic E-state index is 11.4. The van der Waals surface area contributed by atoms with Gasteiger partial charge in [0.2, 0.25) is 0 Å². The van der Waals surface area contributed by atoms with Crippen LogP contribution in [0.2, 0.25) is 0 Å². The summed E-state index contributed by atoms with van der Waals surface area (Å²) in [4.78, 5) is 11.4. The first-order chi connectivity index (χ1) is 6.81. The van der Waals surface area contributed by atoms with E-state index in [1.807, 2.05) is 0 Å². The number of Topliss-reactive ketones (excluding diaryl/α,β-unsaturated/α-hetero) is 1. The summed E-state index contributed by atoms with van der Waals surface area (Å²) in [6.07, 6.45) is 9.94. The molecule has 0 aliphatic heterocycles. The number of hydrogen-bond donors (Lipinski definition) is 0. The highest BCUT2D eigenvalue weighted by Crippen LogP contribution is 2.08. The van der Waals surface area contributed by atoms with Crippen LogP contribution in [0.25, 0.3) is 0 Å². The molecule has 0 amide bonds. The summed E-state index contributed by atoms with van der Waals surface area (Å²) < 4.78 is 0. The van der Waals surface area contributed by atoms with E-state index in [-0.39, 0.29) is 0 Å². The van der Waals surface area contributed by atoms with Crippen molar-refractivity contribution in [2.24, 2.45) is 0 Å². The fourth-order valence-electron chi connectivity index (χ4n) is 1.47. The zero-order chi connectivity index (χ0) is 10.6. The molecule has 0 N–H and O–H groups in total. The standard InChI is InChI=1S/C12H23BrO/c1-2-3-4-6-9-12(14)10-7-5-8-11-13/h2-11H2,1H3. The first kappa shape index (κ1) is 14.2. The quantitative estimate of drug-likeness (QED) is 0.419. The van der Waals surface area contributed by atoms with Crippen LogP contribution < -0.4 is 0 Å². The largest absolute Gasteiger partial charge is 0.300 e. The van der Waals surface area contributed by atoms with Crippen LogP contribution in [0.5, 0.6) is 0 Å². The van der Waals surface area contributed by atoms with Gasteiger partial charge in [-0.3, -0.25) is 4.79 Å². The van der Waals surface area contributed by atoms with Crippen LogP contribution in [0, 0.1) is 0 Å². The van der Waals surface area contributed by atoms with Gasteiger partial charge in [0.05, 0.1) is 0 Å². The molecule has 0 aromatic rings. The van der Waals surface area contributed by atoms with Gasteiger partial charge in [0.25, 0.3) is 0 Å². The van der Waals surface area contributed by atoms with Gasteiger partial charge in [-0.1, -0.05) is 48.5 Å². The first-order valence-corrected chi connectivity index (χ1v) is 7.01. The van der Waals surface area contributed by atoms with E-state index < -0.39 is 0 Å². The van der Waals surface area contributed by atoms with Gasteiger partial charge < -0.3 is 0 Å². The number of unbranched alkanes of at least 4 members (excludes halogenated alkanes) is 5. The van der Waals surface area contributed by atoms with Crippen LogP contribution in [0.15, 0.2) is 0 Å². The molecule has 0 atom stereocenters. The second-order valence-electron chi connectivity index (χ2n) is 3.85. The van der Waals surface area contributed by atoms with Gasteiger partial charge in [-0.15, -0.1) is 0 Å². The van der Waals surface area contributed by atoms with Crippen LogP contribution in [0.3, 0.4) is 0 Å². The van der Waals surface area contributed by atoms with Crippen molar-refractivity contribution < 1.29 is 4.79 Å². The third-order valence-corrected chi connectivity index (χ3v) is 2.96. The van der Waals surface area contributed by atoms with Crippen LogP contribution >= 0.6 is 15.9 Å². The van der Waals surface area contributed by atoms with Gasteiger partial charge in [-0.05, 0) is 19.3 Å². The van der Waals surface area contributed by atoms with Crippen molar-refractivity contribution in [1.29, 1.82) is 0 Å². The Hall–Kier alpha value is 0.150. The van der Waals surface area contributed by atoms with Crippen LogP contribution in [0.4, 0.5) is 0 Å². The fourth-order valence-corrected chi connectivity index (χ4v) is 1.86. The molecule has 0 saturated carbocycles. The summed E-state index contributed by atoms with van der Waals surface area (Å²) in [5, 5.41) is 1.07. The van der Waals surface area contributed by atoms with E-state index in [1.165, 1.54) is 32.1 Å². The predicted molar refractivity (Wildman–Crippen MR) is 66.0 cm³/mol. The Labute approximate surface area is 96.8 Å². The fraction of sp³-hybridized carbons (Fsp3) is 0.917. The molecule has 2 heteroatoms. The van der Waals surface area contributed by atoms with Gasteiger partial charge in [0.1, 0.15) is 5.78 Å². The van der Waals surface area contributed by atoms with Gasteiger partial charge in [-0.25, -0.2) is 0 Å². The summed E-state index contributed by atoms with van der Waals surface area (Å²) in [5.41, 5.74) is 0. The Morgan fingerprint density at radius 3 is 2.00 bits per heavy atom. The molecular weight excluding hydrogens is 240 g/mol. The third-order valence-electron chi connectivity index (χ3n) is 2.40. The number of hydrogen-bond acceptors (Lipinski definition) is 1. The predicted octanol–water partition coefficient (Wildman–Crippen LogP) is 4.48. The minimum Gasteiger partial charge on any atom is -0.300 e. The zero-order valence-corrected chi connectivity index (χ0v) is 10.9. The van der Waals surface area contributed by atoms with Crippen molar-refractivity contribution >= 4 is 21.7 Å². The van der Waals surface area contributed by atoms with E-state index in [2.05, 4.69) is 22.9 Å². The van der Waals surface area contributed by atoms with E-state index in [0.717, 1.165) is 31.0 Å². The molecule has 0 rings (SSSR count). The van der Waals surface area contributed by atoms with Crippen molar-refractivity contribution in [3.05, 3.63) is 0 Å². The molecule has 0 radical (unpaired) electrons. The highest BCUT2D eigenvalue weighted by Gasteiger charge is 2.00. The highest BCUT2D eigenvalue weighted by molar-refractivity contribution is 9.09. The molecule has 14 heavy (non-hydrogen) atoms. The Balaban J connectivity index is 3.11. The summed E-state index contributed by atoms with van der Waals surface area (Å²) in [6.45, 7) is 2.20. The van der Waals surface area contributed by atoms with Gasteiger partial charge in [0.15, 0.2) is 0 Å². The lowest BCUT2D eigenvalue weighted by atomic mass is 10.1. The molecule has 1 nitrogen and oxygen atoms in total. The smallest absolute Gasteiger partial charge is 0.132 e. The molecule has 0 bridgehead atoms. The Bertz CT molecular complexity index is 120. The Morgan fingerprint density at radius 2 is 1.50 bits per heavy atom. The van der Waals surface area contributed by atoms with Gasteiger partial charge >= 0.3 is 0 Å². The average molecular weight is 263 g/mol. The molecule has 0 heterocycles. The van der Waals surface area contributed by atoms with Crippen molar-refractivity contribution in [2.75, 3.05) is 5.33 Å². The second kappa shape index (κ2) is 11.2. The van der Waals surface area contributed by atoms with Crippen molar-refractivity contribution in [1.82, 2.24) is 0 Å². The average Bonchev–Trinajstić information content (AvgIpc) is 2.19. The minimum atomic E-state index is 0.468. The van der Waals surface area contributed by atoms with Gasteiger partial charge in [0, 0.05) is 18.2 Å². The zero-order valence-electron chi connectivity index (χ0n) is 9.36. The second-order valence-corrected chi connectivity index (χ2v) is 4.64. The third kappa shape index (κ3) is 10.2. The lowest BCUT2D eigenvalue weighted by Crippen LogP contribution is -1.97. The van der Waals surface area contributed by atoms with Crippen LogP contribution in [-0.2, 0) is 4.79 Å². The molecule has 0 saturated heterocycles. The minimum absolute atomic E-state index is 0.468. The number of halogens is 1. The van der Waals surface area contributed by atoms with E-state index in [4.69, 9.17) is 0 Å². The van der Waals surface area contributed by atoms with Gasteiger partial charge in [-0.2, -0.15) is 0 Å². The number of carbonyl (C=O) groups is 1. The first-order valence-electron chi connectivity index (χ1n) is 5.89. The molecule has 0 aromatic carbocycles. The molecule has 0 spiro atoms. The number of carbonyl (C=O) groups excluding carboxylic acids is 1. The van der Waals surface area contributed by atoms with Crippen molar-refractivity contribution in [3.63, 3.8) is 0 Å². The van der Waals surface area contributed by atoms with E-state index >= 15 is 0 Å². The normalized spacial score (nSPS) is 10.4. The summed E-state index contributed by atoms with van der Waals surface area (Å²) in [5.74, 6) is 0.468. The SMILES string of the molecule is CCCCCCC(=O)CCCCCBr. The molecule has 0 aliphatic rings. The monoisotopic (exact) mass is 262 g/mol. The van der Waals surface area contributed by atoms with E-state index in [0.29, 0.717) is 5.78 Å². The Kier molecular flexibility index (Phi) is 11.3. The van der Waals surface area contributed by atoms with Crippen molar-refractivity contribution in [2.45, 2.75) is 64.7 Å². The maximum absolute atomic E-state index is 11.4. The number of rotatable bonds is 10. The number of ketones is 1. The maximum Gasteiger partial charge on any atom is 0.132 e. The summed E-state index contributed by atoms with van der Waals surface area (Å²) in [7, 11) is 0.